The summed E-state index contributed by atoms with van der Waals surface area (Å²) < 4.78 is 50.0. The third-order valence-corrected chi connectivity index (χ3v) is 8.62. The molecule has 0 radical (unpaired) electrons. The van der Waals surface area contributed by atoms with E-state index < -0.39 is 31.6 Å². The number of amides is 1. The number of fused-ring (bicyclic) bond motifs is 1. The summed E-state index contributed by atoms with van der Waals surface area (Å²) in [6, 6.07) is 12.3. The summed E-state index contributed by atoms with van der Waals surface area (Å²) in [6.45, 7) is 1.77. The van der Waals surface area contributed by atoms with Gasteiger partial charge in [-0.3, -0.25) is 4.79 Å². The molecule has 2 aromatic rings. The van der Waals surface area contributed by atoms with Crippen LogP contribution in [0.5, 0.6) is 0 Å². The number of carbonyl (C=O) groups is 1. The topological polar surface area (TPSA) is 97.4 Å². The first-order valence-corrected chi connectivity index (χ1v) is 12.5. The third kappa shape index (κ3) is 4.12. The lowest BCUT2D eigenvalue weighted by Crippen LogP contribution is -2.30. The van der Waals surface area contributed by atoms with Crippen LogP contribution >= 0.6 is 0 Å². The van der Waals surface area contributed by atoms with E-state index in [9.17, 15) is 21.6 Å². The SMILES string of the molecule is CCCS(=O)(=O)c1ccccc1C(=O)N[C@H]1CCCS(=O)(=O)c2ccccc21. The van der Waals surface area contributed by atoms with E-state index in [1.165, 1.54) is 12.1 Å². The molecule has 0 fully saturated rings. The van der Waals surface area contributed by atoms with Gasteiger partial charge in [-0.25, -0.2) is 16.8 Å². The van der Waals surface area contributed by atoms with Crippen molar-refractivity contribution in [3.05, 3.63) is 59.7 Å². The van der Waals surface area contributed by atoms with Crippen molar-refractivity contribution in [1.29, 1.82) is 0 Å². The van der Waals surface area contributed by atoms with E-state index in [-0.39, 0.29) is 26.9 Å². The van der Waals surface area contributed by atoms with Crippen LogP contribution < -0.4 is 5.32 Å². The molecule has 8 heteroatoms. The highest BCUT2D eigenvalue weighted by Gasteiger charge is 2.29. The van der Waals surface area contributed by atoms with Crippen molar-refractivity contribution in [2.45, 2.75) is 42.0 Å². The summed E-state index contributed by atoms with van der Waals surface area (Å²) in [5, 5.41) is 2.86. The smallest absolute Gasteiger partial charge is 0.253 e. The van der Waals surface area contributed by atoms with Gasteiger partial charge >= 0.3 is 0 Å². The molecule has 0 aromatic heterocycles. The molecule has 0 bridgehead atoms. The van der Waals surface area contributed by atoms with E-state index in [1.54, 1.807) is 43.3 Å². The van der Waals surface area contributed by atoms with Crippen LogP contribution in [0.2, 0.25) is 0 Å². The van der Waals surface area contributed by atoms with Gasteiger partial charge in [0.05, 0.1) is 32.9 Å². The summed E-state index contributed by atoms with van der Waals surface area (Å²) in [5.41, 5.74) is 0.628. The van der Waals surface area contributed by atoms with Gasteiger partial charge in [0.2, 0.25) is 0 Å². The number of nitrogens with one attached hydrogen (secondary N) is 1. The van der Waals surface area contributed by atoms with Gasteiger partial charge in [-0.2, -0.15) is 0 Å². The average Bonchev–Trinajstić information content (AvgIpc) is 2.78. The Kier molecular flexibility index (Phi) is 5.90. The van der Waals surface area contributed by atoms with Gasteiger partial charge in [-0.05, 0) is 43.0 Å². The fourth-order valence-electron chi connectivity index (χ4n) is 3.48. The molecule has 3 rings (SSSR count). The van der Waals surface area contributed by atoms with E-state index >= 15 is 0 Å². The first-order valence-electron chi connectivity index (χ1n) is 9.20. The largest absolute Gasteiger partial charge is 0.345 e. The molecular formula is C20H23NO5S2. The van der Waals surface area contributed by atoms with Crippen molar-refractivity contribution in [2.24, 2.45) is 0 Å². The molecule has 2 aromatic carbocycles. The highest BCUT2D eigenvalue weighted by molar-refractivity contribution is 7.91. The molecule has 1 atom stereocenters. The number of benzene rings is 2. The van der Waals surface area contributed by atoms with E-state index in [4.69, 9.17) is 0 Å². The van der Waals surface area contributed by atoms with Gasteiger partial charge in [-0.15, -0.1) is 0 Å². The predicted octanol–water partition coefficient (Wildman–Crippen LogP) is 2.91. The van der Waals surface area contributed by atoms with Crippen LogP contribution in [-0.2, 0) is 19.7 Å². The van der Waals surface area contributed by atoms with E-state index in [0.29, 0.717) is 24.8 Å². The zero-order chi connectivity index (χ0) is 20.4. The van der Waals surface area contributed by atoms with Gasteiger partial charge < -0.3 is 5.32 Å². The monoisotopic (exact) mass is 421 g/mol. The van der Waals surface area contributed by atoms with Crippen LogP contribution in [0.4, 0.5) is 0 Å². The van der Waals surface area contributed by atoms with Gasteiger partial charge in [0, 0.05) is 0 Å². The lowest BCUT2D eigenvalue weighted by Gasteiger charge is -2.20. The van der Waals surface area contributed by atoms with Crippen LogP contribution in [0.3, 0.4) is 0 Å². The van der Waals surface area contributed by atoms with Crippen LogP contribution in [0.15, 0.2) is 58.3 Å². The Morgan fingerprint density at radius 3 is 2.54 bits per heavy atom. The minimum Gasteiger partial charge on any atom is -0.345 e. The third-order valence-electron chi connectivity index (χ3n) is 4.78. The van der Waals surface area contributed by atoms with Crippen molar-refractivity contribution in [3.63, 3.8) is 0 Å². The number of sulfone groups is 2. The van der Waals surface area contributed by atoms with Crippen LogP contribution in [-0.4, -0.2) is 34.2 Å². The summed E-state index contributed by atoms with van der Waals surface area (Å²) >= 11 is 0. The maximum Gasteiger partial charge on any atom is 0.253 e. The molecule has 0 saturated heterocycles. The normalized spacial score (nSPS) is 18.7. The summed E-state index contributed by atoms with van der Waals surface area (Å²) in [7, 11) is -6.97. The second-order valence-electron chi connectivity index (χ2n) is 6.84. The Morgan fingerprint density at radius 1 is 1.11 bits per heavy atom. The molecule has 1 amide bonds. The van der Waals surface area contributed by atoms with Gasteiger partial charge in [0.1, 0.15) is 0 Å². The number of carbonyl (C=O) groups excluding carboxylic acids is 1. The second kappa shape index (κ2) is 8.05. The Bertz CT molecular complexity index is 1090. The van der Waals surface area contributed by atoms with Crippen molar-refractivity contribution in [1.82, 2.24) is 5.32 Å². The van der Waals surface area contributed by atoms with E-state index in [2.05, 4.69) is 5.32 Å². The van der Waals surface area contributed by atoms with Gasteiger partial charge in [0.25, 0.3) is 5.91 Å². The standard InChI is InChI=1S/C20H23NO5S2/c1-2-13-27(23,24)19-12-6-4-9-16(19)20(22)21-17-10-7-14-28(25,26)18-11-5-3-8-15(17)18/h3-6,8-9,11-12,17H,2,7,10,13-14H2,1H3,(H,21,22)/t17-/m0/s1. The maximum atomic E-state index is 12.9. The maximum absolute atomic E-state index is 12.9. The first kappa shape index (κ1) is 20.5. The van der Waals surface area contributed by atoms with Crippen LogP contribution in [0, 0.1) is 0 Å². The second-order valence-corrected chi connectivity index (χ2v) is 11.0. The Hall–Kier alpha value is -2.19. The molecule has 0 aliphatic carbocycles. The highest BCUT2D eigenvalue weighted by atomic mass is 32.2. The number of hydrogen-bond donors (Lipinski definition) is 1. The fourth-order valence-corrected chi connectivity index (χ4v) is 6.65. The molecule has 150 valence electrons. The van der Waals surface area contributed by atoms with Crippen LogP contribution in [0.1, 0.15) is 48.1 Å². The molecular weight excluding hydrogens is 398 g/mol. The minimum absolute atomic E-state index is 0.00359. The molecule has 28 heavy (non-hydrogen) atoms. The highest BCUT2D eigenvalue weighted by Crippen LogP contribution is 2.31. The lowest BCUT2D eigenvalue weighted by atomic mass is 10.0. The van der Waals surface area contributed by atoms with Crippen LogP contribution in [0.25, 0.3) is 0 Å². The molecule has 6 nitrogen and oxygen atoms in total. The predicted molar refractivity (Wildman–Crippen MR) is 107 cm³/mol. The molecule has 1 heterocycles. The van der Waals surface area contributed by atoms with Crippen molar-refractivity contribution in [3.8, 4) is 0 Å². The van der Waals surface area contributed by atoms with E-state index in [1.807, 2.05) is 0 Å². The Labute approximate surface area is 165 Å². The fraction of sp³-hybridized carbons (Fsp3) is 0.350. The quantitative estimate of drug-likeness (QED) is 0.801. The first-order chi connectivity index (χ1) is 13.3. The molecule has 0 unspecified atom stereocenters. The Morgan fingerprint density at radius 2 is 1.79 bits per heavy atom. The number of hydrogen-bond acceptors (Lipinski definition) is 5. The van der Waals surface area contributed by atoms with Crippen molar-refractivity contribution >= 4 is 25.6 Å². The zero-order valence-electron chi connectivity index (χ0n) is 15.6. The minimum atomic E-state index is -3.57. The molecule has 0 spiro atoms. The number of rotatable bonds is 5. The Balaban J connectivity index is 1.97. The summed E-state index contributed by atoms with van der Waals surface area (Å²) in [6.07, 6.45) is 1.33. The summed E-state index contributed by atoms with van der Waals surface area (Å²) in [5.74, 6) is -0.533. The average molecular weight is 422 g/mol. The molecule has 1 N–H and O–H groups in total. The van der Waals surface area contributed by atoms with Crippen molar-refractivity contribution in [2.75, 3.05) is 11.5 Å². The molecule has 1 aliphatic rings. The van der Waals surface area contributed by atoms with Gasteiger partial charge in [0.15, 0.2) is 19.7 Å². The molecule has 0 saturated carbocycles. The zero-order valence-corrected chi connectivity index (χ0v) is 17.2. The summed E-state index contributed by atoms with van der Waals surface area (Å²) in [4.78, 5) is 13.2. The van der Waals surface area contributed by atoms with Crippen molar-refractivity contribution < 1.29 is 21.6 Å². The van der Waals surface area contributed by atoms with E-state index in [0.717, 1.165) is 0 Å². The van der Waals surface area contributed by atoms with Gasteiger partial charge in [-0.1, -0.05) is 37.3 Å². The molecule has 1 aliphatic heterocycles. The lowest BCUT2D eigenvalue weighted by molar-refractivity contribution is 0.0931.